The minimum atomic E-state index is 0.665. The zero-order chi connectivity index (χ0) is 12.3. The van der Waals surface area contributed by atoms with Gasteiger partial charge in [-0.2, -0.15) is 0 Å². The van der Waals surface area contributed by atoms with Crippen LogP contribution in [0.3, 0.4) is 0 Å². The Morgan fingerprint density at radius 1 is 1.47 bits per heavy atom. The molecule has 2 rings (SSSR count). The third-order valence-electron chi connectivity index (χ3n) is 3.55. The fraction of sp³-hybridized carbons (Fsp3) is 0.714. The van der Waals surface area contributed by atoms with Gasteiger partial charge in [-0.05, 0) is 31.5 Å². The largest absolute Gasteiger partial charge is 0.373 e. The average Bonchev–Trinajstić information content (AvgIpc) is 2.78. The molecule has 0 aromatic rings. The van der Waals surface area contributed by atoms with Crippen LogP contribution in [0.5, 0.6) is 0 Å². The average molecular weight is 235 g/mol. The van der Waals surface area contributed by atoms with Gasteiger partial charge in [0.1, 0.15) is 0 Å². The first kappa shape index (κ1) is 12.5. The minimum absolute atomic E-state index is 0.665. The van der Waals surface area contributed by atoms with Crippen molar-refractivity contribution in [1.82, 2.24) is 15.1 Å². The van der Waals surface area contributed by atoms with E-state index in [1.54, 1.807) is 0 Å². The van der Waals surface area contributed by atoms with Crippen molar-refractivity contribution in [3.8, 4) is 0 Å². The van der Waals surface area contributed by atoms with Gasteiger partial charge in [-0.25, -0.2) is 0 Å². The summed E-state index contributed by atoms with van der Waals surface area (Å²) in [7, 11) is 2.06. The number of rotatable bonds is 4. The maximum atomic E-state index is 3.36. The van der Waals surface area contributed by atoms with E-state index < -0.39 is 0 Å². The fourth-order valence-electron chi connectivity index (χ4n) is 2.59. The monoisotopic (exact) mass is 235 g/mol. The van der Waals surface area contributed by atoms with E-state index >= 15 is 0 Å². The van der Waals surface area contributed by atoms with Crippen molar-refractivity contribution in [2.45, 2.75) is 26.3 Å². The zero-order valence-electron chi connectivity index (χ0n) is 11.3. The standard InChI is InChI=1S/C14H25N3/c1-12(2)10-16-7-5-14(6-8-16)17-9-4-13(11-17)15-3/h5-7,12-13,15H,4,8-11H2,1-3H3/t13-/m1/s1. The Bertz CT molecular complexity index is 307. The van der Waals surface area contributed by atoms with Crippen LogP contribution in [0, 0.1) is 5.92 Å². The number of likely N-dealkylation sites (tertiary alicyclic amines) is 1. The molecule has 17 heavy (non-hydrogen) atoms. The second-order valence-electron chi connectivity index (χ2n) is 5.51. The highest BCUT2D eigenvalue weighted by Gasteiger charge is 2.22. The molecule has 0 aliphatic carbocycles. The molecule has 0 amide bonds. The Kier molecular flexibility index (Phi) is 4.11. The lowest BCUT2D eigenvalue weighted by molar-refractivity contribution is 0.343. The predicted molar refractivity (Wildman–Crippen MR) is 72.7 cm³/mol. The van der Waals surface area contributed by atoms with Crippen LogP contribution in [0.1, 0.15) is 20.3 Å². The molecule has 2 aliphatic rings. The normalized spacial score (nSPS) is 24.7. The van der Waals surface area contributed by atoms with Crippen LogP contribution in [0.4, 0.5) is 0 Å². The second-order valence-corrected chi connectivity index (χ2v) is 5.51. The van der Waals surface area contributed by atoms with Crippen molar-refractivity contribution in [3.05, 3.63) is 24.0 Å². The van der Waals surface area contributed by atoms with Crippen molar-refractivity contribution >= 4 is 0 Å². The van der Waals surface area contributed by atoms with Crippen molar-refractivity contribution in [2.24, 2.45) is 5.92 Å². The lowest BCUT2D eigenvalue weighted by atomic mass is 10.2. The first-order chi connectivity index (χ1) is 8.19. The van der Waals surface area contributed by atoms with E-state index in [9.17, 15) is 0 Å². The number of nitrogens with one attached hydrogen (secondary N) is 1. The maximum absolute atomic E-state index is 3.36. The van der Waals surface area contributed by atoms with E-state index in [1.807, 2.05) is 0 Å². The molecule has 0 saturated carbocycles. The van der Waals surface area contributed by atoms with Crippen LogP contribution in [-0.2, 0) is 0 Å². The molecule has 0 aromatic carbocycles. The quantitative estimate of drug-likeness (QED) is 0.799. The highest BCUT2D eigenvalue weighted by atomic mass is 15.2. The Hall–Kier alpha value is -0.960. The van der Waals surface area contributed by atoms with E-state index in [1.165, 1.54) is 18.7 Å². The Labute approximate surface area is 105 Å². The summed E-state index contributed by atoms with van der Waals surface area (Å²) in [4.78, 5) is 4.88. The van der Waals surface area contributed by atoms with Crippen molar-refractivity contribution in [2.75, 3.05) is 33.2 Å². The molecule has 0 radical (unpaired) electrons. The molecule has 1 saturated heterocycles. The molecular formula is C14H25N3. The van der Waals surface area contributed by atoms with Crippen LogP contribution in [0.2, 0.25) is 0 Å². The van der Waals surface area contributed by atoms with Crippen LogP contribution in [-0.4, -0.2) is 49.1 Å². The summed E-state index contributed by atoms with van der Waals surface area (Å²) in [5.74, 6) is 0.732. The SMILES string of the molecule is CN[C@@H]1CCN(C2=CCN(CC(C)C)C=C2)C1. The first-order valence-corrected chi connectivity index (χ1v) is 6.73. The number of hydrogen-bond acceptors (Lipinski definition) is 3. The molecule has 1 N–H and O–H groups in total. The molecule has 0 bridgehead atoms. The molecule has 96 valence electrons. The third-order valence-corrected chi connectivity index (χ3v) is 3.55. The number of likely N-dealkylation sites (N-methyl/N-ethyl adjacent to an activating group) is 1. The molecule has 0 aromatic heterocycles. The molecule has 0 spiro atoms. The molecule has 1 fully saturated rings. The smallest absolute Gasteiger partial charge is 0.0377 e. The number of allylic oxidation sites excluding steroid dienone is 1. The lowest BCUT2D eigenvalue weighted by Gasteiger charge is -2.28. The summed E-state index contributed by atoms with van der Waals surface area (Å²) in [6, 6.07) is 0.665. The maximum Gasteiger partial charge on any atom is 0.0377 e. The molecule has 2 heterocycles. The van der Waals surface area contributed by atoms with E-state index in [0.717, 1.165) is 25.6 Å². The zero-order valence-corrected chi connectivity index (χ0v) is 11.3. The Balaban J connectivity index is 1.85. The topological polar surface area (TPSA) is 18.5 Å². The first-order valence-electron chi connectivity index (χ1n) is 6.73. The number of hydrogen-bond donors (Lipinski definition) is 1. The van der Waals surface area contributed by atoms with Crippen LogP contribution in [0.15, 0.2) is 24.0 Å². The van der Waals surface area contributed by atoms with Gasteiger partial charge >= 0.3 is 0 Å². The highest BCUT2D eigenvalue weighted by Crippen LogP contribution is 2.19. The van der Waals surface area contributed by atoms with Gasteiger partial charge in [0.25, 0.3) is 0 Å². The van der Waals surface area contributed by atoms with E-state index in [2.05, 4.69) is 54.4 Å². The summed E-state index contributed by atoms with van der Waals surface area (Å²) in [5.41, 5.74) is 1.41. The molecule has 1 atom stereocenters. The molecular weight excluding hydrogens is 210 g/mol. The van der Waals surface area contributed by atoms with Gasteiger partial charge in [0.2, 0.25) is 0 Å². The third kappa shape index (κ3) is 3.25. The van der Waals surface area contributed by atoms with Gasteiger partial charge < -0.3 is 15.1 Å². The fourth-order valence-corrected chi connectivity index (χ4v) is 2.59. The lowest BCUT2D eigenvalue weighted by Crippen LogP contribution is -2.31. The molecule has 3 nitrogen and oxygen atoms in total. The number of nitrogens with zero attached hydrogens (tertiary/aromatic N) is 2. The van der Waals surface area contributed by atoms with Gasteiger partial charge in [0.15, 0.2) is 0 Å². The summed E-state index contributed by atoms with van der Waals surface area (Å²) in [5, 5.41) is 3.36. The van der Waals surface area contributed by atoms with Gasteiger partial charge in [-0.1, -0.05) is 13.8 Å². The summed E-state index contributed by atoms with van der Waals surface area (Å²) in [6.07, 6.45) is 8.14. The summed E-state index contributed by atoms with van der Waals surface area (Å²) in [6.45, 7) is 9.09. The van der Waals surface area contributed by atoms with Gasteiger partial charge in [0, 0.05) is 44.1 Å². The van der Waals surface area contributed by atoms with Crippen LogP contribution < -0.4 is 5.32 Å². The van der Waals surface area contributed by atoms with Crippen LogP contribution in [0.25, 0.3) is 0 Å². The van der Waals surface area contributed by atoms with Crippen molar-refractivity contribution < 1.29 is 0 Å². The highest BCUT2D eigenvalue weighted by molar-refractivity contribution is 5.22. The van der Waals surface area contributed by atoms with Crippen molar-refractivity contribution in [1.29, 1.82) is 0 Å². The predicted octanol–water partition coefficient (Wildman–Crippen LogP) is 1.65. The minimum Gasteiger partial charge on any atom is -0.373 e. The molecule has 3 heteroatoms. The molecule has 2 aliphatic heterocycles. The second kappa shape index (κ2) is 5.58. The summed E-state index contributed by atoms with van der Waals surface area (Å²) >= 11 is 0. The van der Waals surface area contributed by atoms with E-state index in [-0.39, 0.29) is 0 Å². The van der Waals surface area contributed by atoms with Crippen molar-refractivity contribution in [3.63, 3.8) is 0 Å². The summed E-state index contributed by atoms with van der Waals surface area (Å²) < 4.78 is 0. The molecule has 0 unspecified atom stereocenters. The van der Waals surface area contributed by atoms with Crippen LogP contribution >= 0.6 is 0 Å². The Morgan fingerprint density at radius 3 is 2.82 bits per heavy atom. The van der Waals surface area contributed by atoms with Gasteiger partial charge in [0.05, 0.1) is 0 Å². The van der Waals surface area contributed by atoms with E-state index in [0.29, 0.717) is 6.04 Å². The van der Waals surface area contributed by atoms with Gasteiger partial charge in [-0.3, -0.25) is 0 Å². The Morgan fingerprint density at radius 2 is 2.29 bits per heavy atom. The van der Waals surface area contributed by atoms with E-state index in [4.69, 9.17) is 0 Å². The van der Waals surface area contributed by atoms with Gasteiger partial charge in [-0.15, -0.1) is 0 Å².